The zero-order chi connectivity index (χ0) is 26.2. The van der Waals surface area contributed by atoms with Gasteiger partial charge in [0.05, 0.1) is 21.5 Å². The number of β-amino-alcohol motifs (C(OH)–C–C–N with tert-alkyl or cyclic N) is 1. The molecule has 0 radical (unpaired) electrons. The van der Waals surface area contributed by atoms with Crippen molar-refractivity contribution in [2.45, 2.75) is 45.4 Å². The van der Waals surface area contributed by atoms with Crippen LogP contribution in [0.3, 0.4) is 0 Å². The second-order valence-corrected chi connectivity index (χ2v) is 10.7. The number of aliphatic hydroxyl groups is 3. The van der Waals surface area contributed by atoms with E-state index in [1.165, 1.54) is 11.3 Å². The molecule has 0 bridgehead atoms. The lowest BCUT2D eigenvalue weighted by atomic mass is 9.96. The normalized spacial score (nSPS) is 16.9. The standard InChI is InChI=1S/C26H31N7O3S/c1-4-27-24(35)32-25-31-21-9-17(18-10-29-23(15(2)34)30-11-18)8-19(22(21)37-25)20-7-16(5-6-28-20)12-33-13-26(3,36)14-33/h5-11,15,24,27,34-36H,4,12-14H2,1-3H3,(H,31,32). The number of hydrogen-bond donors (Lipinski definition) is 5. The zero-order valence-electron chi connectivity index (χ0n) is 21.0. The van der Waals surface area contributed by atoms with Crippen molar-refractivity contribution in [3.8, 4) is 22.4 Å². The van der Waals surface area contributed by atoms with Gasteiger partial charge < -0.3 is 20.6 Å². The van der Waals surface area contributed by atoms with Gasteiger partial charge in [0.1, 0.15) is 6.10 Å². The Morgan fingerprint density at radius 3 is 2.54 bits per heavy atom. The third-order valence-electron chi connectivity index (χ3n) is 6.16. The van der Waals surface area contributed by atoms with Crippen molar-refractivity contribution in [3.05, 3.63) is 54.2 Å². The van der Waals surface area contributed by atoms with Crippen molar-refractivity contribution in [3.63, 3.8) is 0 Å². The third-order valence-corrected chi connectivity index (χ3v) is 7.20. The lowest BCUT2D eigenvalue weighted by molar-refractivity contribution is -0.0871. The van der Waals surface area contributed by atoms with Gasteiger partial charge in [-0.25, -0.2) is 15.0 Å². The van der Waals surface area contributed by atoms with Gasteiger partial charge in [-0.3, -0.25) is 15.2 Å². The highest BCUT2D eigenvalue weighted by atomic mass is 32.1. The topological polar surface area (TPSA) is 140 Å². The number of thiazole rings is 1. The molecule has 4 aromatic rings. The van der Waals surface area contributed by atoms with Crippen LogP contribution in [-0.4, -0.2) is 71.7 Å². The lowest BCUT2D eigenvalue weighted by Crippen LogP contribution is -2.59. The van der Waals surface area contributed by atoms with Crippen LogP contribution >= 0.6 is 11.3 Å². The van der Waals surface area contributed by atoms with Crippen LogP contribution in [0.4, 0.5) is 5.13 Å². The molecule has 1 saturated heterocycles. The molecular formula is C26H31N7O3S. The Labute approximate surface area is 219 Å². The molecule has 1 fully saturated rings. The average Bonchev–Trinajstić information content (AvgIpc) is 3.24. The van der Waals surface area contributed by atoms with Crippen LogP contribution < -0.4 is 10.6 Å². The Morgan fingerprint density at radius 2 is 1.86 bits per heavy atom. The molecule has 1 aliphatic heterocycles. The summed E-state index contributed by atoms with van der Waals surface area (Å²) in [6.45, 7) is 8.02. The number of rotatable bonds is 9. The molecular weight excluding hydrogens is 490 g/mol. The Balaban J connectivity index is 1.54. The van der Waals surface area contributed by atoms with Crippen molar-refractivity contribution < 1.29 is 15.3 Å². The maximum atomic E-state index is 10.2. The summed E-state index contributed by atoms with van der Waals surface area (Å²) in [6, 6.07) is 8.07. The first kappa shape index (κ1) is 25.6. The minimum absolute atomic E-state index is 0.363. The molecule has 5 N–H and O–H groups in total. The van der Waals surface area contributed by atoms with E-state index in [4.69, 9.17) is 4.98 Å². The molecule has 2 unspecified atom stereocenters. The van der Waals surface area contributed by atoms with Crippen molar-refractivity contribution >= 4 is 26.7 Å². The summed E-state index contributed by atoms with van der Waals surface area (Å²) >= 11 is 1.45. The van der Waals surface area contributed by atoms with Gasteiger partial charge in [-0.05, 0) is 55.8 Å². The van der Waals surface area contributed by atoms with E-state index in [0.29, 0.717) is 30.6 Å². The summed E-state index contributed by atoms with van der Waals surface area (Å²) in [5.74, 6) is 0.363. The van der Waals surface area contributed by atoms with E-state index in [0.717, 1.165) is 44.7 Å². The monoisotopic (exact) mass is 521 g/mol. The number of nitrogens with zero attached hydrogens (tertiary/aromatic N) is 5. The van der Waals surface area contributed by atoms with Crippen LogP contribution in [0.2, 0.25) is 0 Å². The van der Waals surface area contributed by atoms with Crippen molar-refractivity contribution in [1.29, 1.82) is 0 Å². The van der Waals surface area contributed by atoms with Crippen LogP contribution in [0.5, 0.6) is 0 Å². The summed E-state index contributed by atoms with van der Waals surface area (Å²) in [6.07, 6.45) is 3.53. The quantitative estimate of drug-likeness (QED) is 0.209. The molecule has 1 aliphatic rings. The number of benzene rings is 1. The fourth-order valence-electron chi connectivity index (χ4n) is 4.52. The van der Waals surface area contributed by atoms with Gasteiger partial charge >= 0.3 is 0 Å². The second kappa shape index (κ2) is 10.4. The minimum atomic E-state index is -0.912. The molecule has 0 saturated carbocycles. The van der Waals surface area contributed by atoms with E-state index in [1.54, 1.807) is 25.5 Å². The maximum Gasteiger partial charge on any atom is 0.186 e. The van der Waals surface area contributed by atoms with Gasteiger partial charge in [0, 0.05) is 49.4 Å². The van der Waals surface area contributed by atoms with Crippen LogP contribution in [0.15, 0.2) is 42.9 Å². The summed E-state index contributed by atoms with van der Waals surface area (Å²) in [7, 11) is 0. The largest absolute Gasteiger partial charge is 0.388 e. The summed E-state index contributed by atoms with van der Waals surface area (Å²) in [5, 5.41) is 36.5. The number of pyridine rings is 1. The van der Waals surface area contributed by atoms with E-state index >= 15 is 0 Å². The van der Waals surface area contributed by atoms with E-state index in [-0.39, 0.29) is 0 Å². The molecule has 2 atom stereocenters. The number of likely N-dealkylation sites (tertiary alicyclic amines) is 1. The molecule has 3 aromatic heterocycles. The molecule has 0 spiro atoms. The van der Waals surface area contributed by atoms with Gasteiger partial charge in [-0.2, -0.15) is 0 Å². The van der Waals surface area contributed by atoms with Gasteiger partial charge in [-0.1, -0.05) is 18.3 Å². The fraction of sp³-hybridized carbons (Fsp3) is 0.385. The van der Waals surface area contributed by atoms with E-state index in [2.05, 4.69) is 36.6 Å². The SMILES string of the molecule is CCNC(O)Nc1nc2cc(-c3cnc(C(C)O)nc3)cc(-c3cc(CN4CC(C)(O)C4)ccn3)c2s1. The Hall–Kier alpha value is -3.06. The van der Waals surface area contributed by atoms with E-state index in [1.807, 2.05) is 32.0 Å². The molecule has 10 nitrogen and oxygen atoms in total. The van der Waals surface area contributed by atoms with Crippen LogP contribution in [0.1, 0.15) is 38.3 Å². The van der Waals surface area contributed by atoms with Crippen molar-refractivity contribution in [1.82, 2.24) is 30.2 Å². The zero-order valence-corrected chi connectivity index (χ0v) is 21.8. The molecule has 37 heavy (non-hydrogen) atoms. The maximum absolute atomic E-state index is 10.2. The van der Waals surface area contributed by atoms with Crippen molar-refractivity contribution in [2.24, 2.45) is 0 Å². The smallest absolute Gasteiger partial charge is 0.186 e. The number of anilines is 1. The molecule has 5 rings (SSSR count). The highest BCUT2D eigenvalue weighted by Crippen LogP contribution is 2.38. The highest BCUT2D eigenvalue weighted by molar-refractivity contribution is 7.22. The number of fused-ring (bicyclic) bond motifs is 1. The van der Waals surface area contributed by atoms with E-state index < -0.39 is 18.1 Å². The first-order valence-corrected chi connectivity index (χ1v) is 13.1. The summed E-state index contributed by atoms with van der Waals surface area (Å²) < 4.78 is 0.938. The van der Waals surface area contributed by atoms with E-state index in [9.17, 15) is 15.3 Å². The molecule has 1 aromatic carbocycles. The first-order valence-electron chi connectivity index (χ1n) is 12.2. The highest BCUT2D eigenvalue weighted by Gasteiger charge is 2.36. The van der Waals surface area contributed by atoms with Crippen LogP contribution in [0.25, 0.3) is 32.6 Å². The third kappa shape index (κ3) is 5.77. The predicted molar refractivity (Wildman–Crippen MR) is 144 cm³/mol. The number of aromatic nitrogens is 4. The Bertz CT molecular complexity index is 1380. The first-order chi connectivity index (χ1) is 17.7. The van der Waals surface area contributed by atoms with Gasteiger partial charge in [0.25, 0.3) is 0 Å². The van der Waals surface area contributed by atoms with Gasteiger partial charge in [-0.15, -0.1) is 0 Å². The molecule has 194 valence electrons. The molecule has 0 amide bonds. The van der Waals surface area contributed by atoms with Crippen LogP contribution in [0, 0.1) is 0 Å². The number of nitrogens with one attached hydrogen (secondary N) is 2. The number of aliphatic hydroxyl groups excluding tert-OH is 2. The lowest BCUT2D eigenvalue weighted by Gasteiger charge is -2.44. The number of hydrogen-bond acceptors (Lipinski definition) is 11. The van der Waals surface area contributed by atoms with Gasteiger partial charge in [0.2, 0.25) is 0 Å². The minimum Gasteiger partial charge on any atom is -0.388 e. The molecule has 11 heteroatoms. The average molecular weight is 522 g/mol. The predicted octanol–water partition coefficient (Wildman–Crippen LogP) is 2.73. The van der Waals surface area contributed by atoms with Crippen LogP contribution in [-0.2, 0) is 6.54 Å². The molecule has 4 heterocycles. The van der Waals surface area contributed by atoms with Crippen molar-refractivity contribution in [2.75, 3.05) is 25.0 Å². The molecule has 0 aliphatic carbocycles. The Morgan fingerprint density at radius 1 is 1.11 bits per heavy atom. The fourth-order valence-corrected chi connectivity index (χ4v) is 5.51. The summed E-state index contributed by atoms with van der Waals surface area (Å²) in [5.41, 5.74) is 4.62. The Kier molecular flexibility index (Phi) is 7.17. The van der Waals surface area contributed by atoms with Gasteiger partial charge in [0.15, 0.2) is 17.3 Å². The second-order valence-electron chi connectivity index (χ2n) is 9.69. The summed E-state index contributed by atoms with van der Waals surface area (Å²) in [4.78, 5) is 20.2.